The molecule has 1 saturated heterocycles. The van der Waals surface area contributed by atoms with Gasteiger partial charge >= 0.3 is 0 Å². The molecule has 1 aliphatic heterocycles. The molecule has 7 unspecified atom stereocenters. The number of carbonyl (C=O) groups is 1. The van der Waals surface area contributed by atoms with Gasteiger partial charge in [0.15, 0.2) is 6.29 Å². The molecule has 0 saturated carbocycles. The number of allylic oxidation sites excluding steroid dienone is 17. The summed E-state index contributed by atoms with van der Waals surface area (Å²) in [6.07, 6.45) is 59.9. The predicted molar refractivity (Wildman–Crippen MR) is 276 cm³/mol. The number of carbonyl (C=O) groups excluding carboxylic acids is 1. The monoisotopic (exact) mass is 922 g/mol. The number of hydrogen-bond donors (Lipinski definition) is 6. The number of rotatable bonds is 42. The Morgan fingerprint density at radius 3 is 1.45 bits per heavy atom. The molecule has 1 fully saturated rings. The van der Waals surface area contributed by atoms with Crippen molar-refractivity contribution in [1.29, 1.82) is 0 Å². The molecule has 6 N–H and O–H groups in total. The van der Waals surface area contributed by atoms with Gasteiger partial charge in [0, 0.05) is 6.42 Å². The van der Waals surface area contributed by atoms with Crippen LogP contribution in [-0.4, -0.2) is 87.5 Å². The minimum absolute atomic E-state index is 0.211. The molecule has 0 radical (unpaired) electrons. The van der Waals surface area contributed by atoms with Crippen LogP contribution in [0.15, 0.2) is 109 Å². The maximum Gasteiger partial charge on any atom is 0.220 e. The fourth-order valence-electron chi connectivity index (χ4n) is 7.44. The van der Waals surface area contributed by atoms with Gasteiger partial charge in [0.25, 0.3) is 0 Å². The van der Waals surface area contributed by atoms with Crippen LogP contribution < -0.4 is 5.32 Å². The van der Waals surface area contributed by atoms with Gasteiger partial charge in [-0.25, -0.2) is 0 Å². The summed E-state index contributed by atoms with van der Waals surface area (Å²) in [5, 5.41) is 54.3. The second kappa shape index (κ2) is 45.6. The van der Waals surface area contributed by atoms with Crippen LogP contribution in [-0.2, 0) is 14.3 Å². The topological polar surface area (TPSA) is 149 Å². The standard InChI is InChI=1S/C57H95NO8/c1-3-5-7-9-11-13-15-17-19-21-22-23-24-25-26-27-28-29-30-31-33-35-37-39-41-43-45-47-53(61)58-50(49-65-57-56(64)55(63)54(62)52(48-59)66-57)51(60)46-44-42-40-38-36-34-32-20-18-16-14-12-10-8-6-4-2/h5,7,11,13,17,19,22-23,25-26,28-29,31,33,36,38,44,46,50-52,54-57,59-60,62-64H,3-4,6,8-10,12,14-16,18,20-21,24,27,30,32,34-35,37,39-43,45,47-49H2,1-2H3,(H,58,61)/b7-5-,13-11-,19-17-,23-22-,26-25-,29-28-,33-31-,38-36+,46-44+. The van der Waals surface area contributed by atoms with Crippen LogP contribution in [0.3, 0.4) is 0 Å². The van der Waals surface area contributed by atoms with E-state index in [0.29, 0.717) is 6.42 Å². The Morgan fingerprint density at radius 2 is 0.955 bits per heavy atom. The van der Waals surface area contributed by atoms with E-state index in [9.17, 15) is 30.3 Å². The number of hydrogen-bond acceptors (Lipinski definition) is 8. The van der Waals surface area contributed by atoms with Gasteiger partial charge in [-0.15, -0.1) is 0 Å². The molecule has 1 heterocycles. The van der Waals surface area contributed by atoms with Crippen LogP contribution in [0.4, 0.5) is 0 Å². The maximum atomic E-state index is 13.0. The average Bonchev–Trinajstić information content (AvgIpc) is 3.32. The summed E-state index contributed by atoms with van der Waals surface area (Å²) in [6, 6.07) is -0.840. The van der Waals surface area contributed by atoms with Crippen molar-refractivity contribution < 1.29 is 39.8 Å². The van der Waals surface area contributed by atoms with Crippen molar-refractivity contribution in [2.75, 3.05) is 13.2 Å². The number of nitrogens with one attached hydrogen (secondary N) is 1. The molecule has 0 aromatic heterocycles. The number of aliphatic hydroxyl groups is 5. The highest BCUT2D eigenvalue weighted by atomic mass is 16.7. The van der Waals surface area contributed by atoms with Crippen molar-refractivity contribution in [3.05, 3.63) is 109 Å². The molecule has 376 valence electrons. The number of ether oxygens (including phenoxy) is 2. The van der Waals surface area contributed by atoms with Crippen molar-refractivity contribution in [3.8, 4) is 0 Å². The van der Waals surface area contributed by atoms with Gasteiger partial charge in [0.1, 0.15) is 24.4 Å². The van der Waals surface area contributed by atoms with E-state index in [1.165, 1.54) is 64.2 Å². The second-order valence-corrected chi connectivity index (χ2v) is 17.6. The number of aliphatic hydroxyl groups excluding tert-OH is 5. The first kappa shape index (κ1) is 60.9. The predicted octanol–water partition coefficient (Wildman–Crippen LogP) is 12.2. The summed E-state index contributed by atoms with van der Waals surface area (Å²) in [4.78, 5) is 13.0. The SMILES string of the molecule is CC/C=C\C/C=C\C/C=C\C/C=C\C/C=C\C/C=C\C/C=C\CCCCCCCC(=O)NC(COC1OC(CO)C(O)C(O)C1O)C(O)/C=C/CC/C=C/CCCCCCCCCCCC. The summed E-state index contributed by atoms with van der Waals surface area (Å²) in [5.41, 5.74) is 0. The summed E-state index contributed by atoms with van der Waals surface area (Å²) in [6.45, 7) is 3.62. The highest BCUT2D eigenvalue weighted by molar-refractivity contribution is 5.76. The Bertz CT molecular complexity index is 1390. The van der Waals surface area contributed by atoms with E-state index < -0.39 is 49.5 Å². The van der Waals surface area contributed by atoms with E-state index in [1.54, 1.807) is 6.08 Å². The van der Waals surface area contributed by atoms with Gasteiger partial charge in [-0.2, -0.15) is 0 Å². The third-order valence-corrected chi connectivity index (χ3v) is 11.6. The fraction of sp³-hybridized carbons (Fsp3) is 0.667. The smallest absolute Gasteiger partial charge is 0.220 e. The van der Waals surface area contributed by atoms with Crippen LogP contribution >= 0.6 is 0 Å². The van der Waals surface area contributed by atoms with Crippen molar-refractivity contribution in [2.45, 2.75) is 230 Å². The summed E-state index contributed by atoms with van der Waals surface area (Å²) < 4.78 is 11.2. The van der Waals surface area contributed by atoms with Crippen LogP contribution in [0, 0.1) is 0 Å². The first-order chi connectivity index (χ1) is 32.3. The van der Waals surface area contributed by atoms with Crippen LogP contribution in [0.25, 0.3) is 0 Å². The minimum Gasteiger partial charge on any atom is -0.394 e. The van der Waals surface area contributed by atoms with Crippen molar-refractivity contribution in [3.63, 3.8) is 0 Å². The van der Waals surface area contributed by atoms with E-state index in [1.807, 2.05) is 6.08 Å². The Morgan fingerprint density at radius 1 is 0.530 bits per heavy atom. The lowest BCUT2D eigenvalue weighted by molar-refractivity contribution is -0.302. The molecule has 66 heavy (non-hydrogen) atoms. The van der Waals surface area contributed by atoms with E-state index in [-0.39, 0.29) is 12.5 Å². The molecule has 0 aromatic rings. The highest BCUT2D eigenvalue weighted by Crippen LogP contribution is 2.22. The molecular weight excluding hydrogens is 827 g/mol. The number of amides is 1. The molecule has 0 bridgehead atoms. The van der Waals surface area contributed by atoms with Crippen LogP contribution in [0.5, 0.6) is 0 Å². The Kier molecular flexibility index (Phi) is 42.1. The zero-order chi connectivity index (χ0) is 48.0. The van der Waals surface area contributed by atoms with Gasteiger partial charge in [-0.3, -0.25) is 4.79 Å². The third-order valence-electron chi connectivity index (χ3n) is 11.6. The molecule has 1 aliphatic rings. The molecule has 1 rings (SSSR count). The van der Waals surface area contributed by atoms with E-state index in [2.05, 4.69) is 116 Å². The molecule has 9 heteroatoms. The first-order valence-electron chi connectivity index (χ1n) is 26.1. The van der Waals surface area contributed by atoms with Crippen molar-refractivity contribution in [2.24, 2.45) is 0 Å². The maximum absolute atomic E-state index is 13.0. The van der Waals surface area contributed by atoms with Crippen LogP contribution in [0.1, 0.15) is 187 Å². The largest absolute Gasteiger partial charge is 0.394 e. The molecule has 1 amide bonds. The molecule has 0 spiro atoms. The van der Waals surface area contributed by atoms with Crippen LogP contribution in [0.2, 0.25) is 0 Å². The normalized spacial score (nSPS) is 20.7. The highest BCUT2D eigenvalue weighted by Gasteiger charge is 2.44. The summed E-state index contributed by atoms with van der Waals surface area (Å²) in [7, 11) is 0. The molecule has 0 aromatic carbocycles. The quantitative estimate of drug-likeness (QED) is 0.0262. The minimum atomic E-state index is -1.58. The van der Waals surface area contributed by atoms with Gasteiger partial charge in [0.2, 0.25) is 5.91 Å². The molecule has 9 nitrogen and oxygen atoms in total. The molecule has 0 aliphatic carbocycles. The molecule has 7 atom stereocenters. The van der Waals surface area contributed by atoms with Crippen molar-refractivity contribution in [1.82, 2.24) is 5.32 Å². The van der Waals surface area contributed by atoms with E-state index in [4.69, 9.17) is 9.47 Å². The molecular formula is C57H95NO8. The Hall–Kier alpha value is -3.15. The second-order valence-electron chi connectivity index (χ2n) is 17.6. The number of unbranched alkanes of at least 4 members (excludes halogenated alkanes) is 16. The summed E-state index contributed by atoms with van der Waals surface area (Å²) >= 11 is 0. The van der Waals surface area contributed by atoms with Gasteiger partial charge in [-0.05, 0) is 89.9 Å². The lowest BCUT2D eigenvalue weighted by atomic mass is 9.99. The van der Waals surface area contributed by atoms with E-state index in [0.717, 1.165) is 103 Å². The van der Waals surface area contributed by atoms with Gasteiger partial charge in [0.05, 0.1) is 25.4 Å². The van der Waals surface area contributed by atoms with Crippen molar-refractivity contribution >= 4 is 5.91 Å². The Labute approximate surface area is 402 Å². The summed E-state index contributed by atoms with van der Waals surface area (Å²) in [5.74, 6) is -0.211. The van der Waals surface area contributed by atoms with E-state index >= 15 is 0 Å². The Balaban J connectivity index is 2.33. The third kappa shape index (κ3) is 35.1. The lowest BCUT2D eigenvalue weighted by Gasteiger charge is -2.40. The lowest BCUT2D eigenvalue weighted by Crippen LogP contribution is -2.60. The zero-order valence-electron chi connectivity index (χ0n) is 41.4. The zero-order valence-corrected chi connectivity index (χ0v) is 41.4. The van der Waals surface area contributed by atoms with Gasteiger partial charge < -0.3 is 40.3 Å². The first-order valence-corrected chi connectivity index (χ1v) is 26.1. The van der Waals surface area contributed by atoms with Gasteiger partial charge in [-0.1, -0.05) is 200 Å². The fourth-order valence-corrected chi connectivity index (χ4v) is 7.44. The average molecular weight is 922 g/mol.